The second-order valence-corrected chi connectivity index (χ2v) is 8.91. The van der Waals surface area contributed by atoms with Crippen LogP contribution in [0.5, 0.6) is 11.5 Å². The Morgan fingerprint density at radius 1 is 0.875 bits per heavy atom. The number of aryl methyl sites for hydroxylation is 1. The molecule has 0 saturated carbocycles. The summed E-state index contributed by atoms with van der Waals surface area (Å²) in [7, 11) is 1.53. The fourth-order valence-electron chi connectivity index (χ4n) is 3.05. The highest BCUT2D eigenvalue weighted by molar-refractivity contribution is 9.11. The van der Waals surface area contributed by atoms with Gasteiger partial charge in [-0.25, -0.2) is 4.79 Å². The van der Waals surface area contributed by atoms with E-state index < -0.39 is 5.97 Å². The van der Waals surface area contributed by atoms with Crippen molar-refractivity contribution in [2.75, 3.05) is 7.11 Å². The normalized spacial score (nSPS) is 10.5. The predicted molar refractivity (Wildman–Crippen MR) is 129 cm³/mol. The fraction of sp³-hybridized carbons (Fsp3) is 0.200. The standard InChI is InChI=1S/C25H22Br2O5/c1-15-10-21(26)24(22(27)11-15)31-13-17-4-6-18(7-5-17)25(29)32-14-20-12-19(16(2)28)8-9-23(20)30-3/h4-12H,13-14H2,1-3H3. The summed E-state index contributed by atoms with van der Waals surface area (Å²) in [5.41, 5.74) is 3.62. The minimum Gasteiger partial charge on any atom is -0.496 e. The first kappa shape index (κ1) is 24.0. The average Bonchev–Trinajstić information content (AvgIpc) is 2.76. The molecule has 0 aliphatic carbocycles. The molecule has 0 spiro atoms. The summed E-state index contributed by atoms with van der Waals surface area (Å²) < 4.78 is 18.4. The number of Topliss-reactive ketones (excluding diaryl/α,β-unsaturated/α-hetero) is 1. The smallest absolute Gasteiger partial charge is 0.338 e. The third-order valence-corrected chi connectivity index (χ3v) is 5.94. The van der Waals surface area contributed by atoms with Gasteiger partial charge in [0.1, 0.15) is 24.7 Å². The molecular weight excluding hydrogens is 540 g/mol. The molecule has 0 aromatic heterocycles. The third-order valence-electron chi connectivity index (χ3n) is 4.76. The Bertz CT molecular complexity index is 1120. The van der Waals surface area contributed by atoms with Crippen molar-refractivity contribution in [3.8, 4) is 11.5 Å². The molecule has 3 aromatic rings. The molecule has 0 radical (unpaired) electrons. The maximum atomic E-state index is 12.5. The molecule has 32 heavy (non-hydrogen) atoms. The van der Waals surface area contributed by atoms with E-state index in [0.29, 0.717) is 29.0 Å². The number of carbonyl (C=O) groups is 2. The quantitative estimate of drug-likeness (QED) is 0.227. The summed E-state index contributed by atoms with van der Waals surface area (Å²) in [4.78, 5) is 24.1. The van der Waals surface area contributed by atoms with E-state index >= 15 is 0 Å². The van der Waals surface area contributed by atoms with E-state index in [9.17, 15) is 9.59 Å². The summed E-state index contributed by atoms with van der Waals surface area (Å²) in [6.45, 7) is 3.85. The summed E-state index contributed by atoms with van der Waals surface area (Å²) in [6.07, 6.45) is 0. The van der Waals surface area contributed by atoms with Crippen molar-refractivity contribution in [3.63, 3.8) is 0 Å². The maximum absolute atomic E-state index is 12.5. The van der Waals surface area contributed by atoms with E-state index in [1.54, 1.807) is 30.3 Å². The van der Waals surface area contributed by atoms with Crippen LogP contribution in [0.3, 0.4) is 0 Å². The topological polar surface area (TPSA) is 61.8 Å². The number of methoxy groups -OCH3 is 1. The van der Waals surface area contributed by atoms with Crippen LogP contribution < -0.4 is 9.47 Å². The molecular formula is C25H22Br2O5. The van der Waals surface area contributed by atoms with E-state index in [0.717, 1.165) is 25.8 Å². The van der Waals surface area contributed by atoms with Gasteiger partial charge in [-0.1, -0.05) is 12.1 Å². The average molecular weight is 562 g/mol. The van der Waals surface area contributed by atoms with Gasteiger partial charge < -0.3 is 14.2 Å². The first-order chi connectivity index (χ1) is 15.3. The molecule has 0 amide bonds. The predicted octanol–water partition coefficient (Wildman–Crippen LogP) is 6.67. The highest BCUT2D eigenvalue weighted by atomic mass is 79.9. The van der Waals surface area contributed by atoms with Crippen molar-refractivity contribution >= 4 is 43.6 Å². The van der Waals surface area contributed by atoms with E-state index in [4.69, 9.17) is 14.2 Å². The first-order valence-corrected chi connectivity index (χ1v) is 11.4. The molecule has 0 atom stereocenters. The largest absolute Gasteiger partial charge is 0.496 e. The number of halogens is 2. The zero-order chi connectivity index (χ0) is 23.3. The number of hydrogen-bond acceptors (Lipinski definition) is 5. The molecule has 3 rings (SSSR count). The molecule has 0 aliphatic rings. The molecule has 0 fully saturated rings. The van der Waals surface area contributed by atoms with Gasteiger partial charge in [-0.3, -0.25) is 4.79 Å². The fourth-order valence-corrected chi connectivity index (χ4v) is 4.70. The molecule has 0 heterocycles. The SMILES string of the molecule is COc1ccc(C(C)=O)cc1COC(=O)c1ccc(COc2c(Br)cc(C)cc2Br)cc1. The molecule has 166 valence electrons. The van der Waals surface area contributed by atoms with Gasteiger partial charge in [-0.05, 0) is 99.3 Å². The summed E-state index contributed by atoms with van der Waals surface area (Å²) in [5, 5.41) is 0. The Hall–Kier alpha value is -2.64. The van der Waals surface area contributed by atoms with Crippen molar-refractivity contribution in [1.82, 2.24) is 0 Å². The monoisotopic (exact) mass is 560 g/mol. The number of rotatable bonds is 8. The van der Waals surface area contributed by atoms with Crippen LogP contribution in [-0.2, 0) is 18.0 Å². The van der Waals surface area contributed by atoms with E-state index in [2.05, 4.69) is 31.9 Å². The molecule has 0 N–H and O–H groups in total. The van der Waals surface area contributed by atoms with Gasteiger partial charge in [0.15, 0.2) is 5.78 Å². The van der Waals surface area contributed by atoms with Gasteiger partial charge >= 0.3 is 5.97 Å². The van der Waals surface area contributed by atoms with Crippen LogP contribution in [0.1, 0.15) is 44.3 Å². The van der Waals surface area contributed by atoms with Crippen LogP contribution in [0.2, 0.25) is 0 Å². The lowest BCUT2D eigenvalue weighted by Crippen LogP contribution is -2.07. The second kappa shape index (κ2) is 10.8. The molecule has 0 unspecified atom stereocenters. The third kappa shape index (κ3) is 5.99. The zero-order valence-corrected chi connectivity index (χ0v) is 21.1. The Balaban J connectivity index is 1.62. The summed E-state index contributed by atoms with van der Waals surface area (Å²) in [6, 6.07) is 16.1. The number of benzene rings is 3. The van der Waals surface area contributed by atoms with Gasteiger partial charge in [0, 0.05) is 11.1 Å². The Morgan fingerprint density at radius 2 is 1.50 bits per heavy atom. The summed E-state index contributed by atoms with van der Waals surface area (Å²) in [5.74, 6) is 0.754. The number of esters is 1. The maximum Gasteiger partial charge on any atom is 0.338 e. The molecule has 0 bridgehead atoms. The van der Waals surface area contributed by atoms with Crippen molar-refractivity contribution in [2.24, 2.45) is 0 Å². The van der Waals surface area contributed by atoms with Gasteiger partial charge in [0.25, 0.3) is 0 Å². The second-order valence-electron chi connectivity index (χ2n) is 7.20. The minimum absolute atomic E-state index is 0.00344. The van der Waals surface area contributed by atoms with E-state index in [1.165, 1.54) is 14.0 Å². The highest BCUT2D eigenvalue weighted by Gasteiger charge is 2.13. The highest BCUT2D eigenvalue weighted by Crippen LogP contribution is 2.35. The van der Waals surface area contributed by atoms with E-state index in [-0.39, 0.29) is 12.4 Å². The Kier molecular flexibility index (Phi) is 8.10. The number of hydrogen-bond donors (Lipinski definition) is 0. The van der Waals surface area contributed by atoms with Gasteiger partial charge in [-0.2, -0.15) is 0 Å². The van der Waals surface area contributed by atoms with Crippen LogP contribution in [0, 0.1) is 6.92 Å². The number of carbonyl (C=O) groups excluding carboxylic acids is 2. The van der Waals surface area contributed by atoms with Crippen LogP contribution in [-0.4, -0.2) is 18.9 Å². The van der Waals surface area contributed by atoms with Crippen LogP contribution in [0.25, 0.3) is 0 Å². The lowest BCUT2D eigenvalue weighted by Gasteiger charge is -2.12. The lowest BCUT2D eigenvalue weighted by molar-refractivity contribution is 0.0470. The minimum atomic E-state index is -0.461. The molecule has 0 aliphatic heterocycles. The lowest BCUT2D eigenvalue weighted by atomic mass is 10.1. The van der Waals surface area contributed by atoms with Crippen molar-refractivity contribution in [3.05, 3.63) is 91.4 Å². The summed E-state index contributed by atoms with van der Waals surface area (Å²) >= 11 is 7.03. The van der Waals surface area contributed by atoms with Crippen molar-refractivity contribution in [2.45, 2.75) is 27.1 Å². The number of ether oxygens (including phenoxy) is 3. The van der Waals surface area contributed by atoms with Crippen molar-refractivity contribution in [1.29, 1.82) is 0 Å². The van der Waals surface area contributed by atoms with Crippen LogP contribution >= 0.6 is 31.9 Å². The molecule has 3 aromatic carbocycles. The Labute approximate surface area is 203 Å². The van der Waals surface area contributed by atoms with Gasteiger partial charge in [-0.15, -0.1) is 0 Å². The van der Waals surface area contributed by atoms with Gasteiger partial charge in [0.05, 0.1) is 21.6 Å². The zero-order valence-electron chi connectivity index (χ0n) is 17.9. The van der Waals surface area contributed by atoms with Gasteiger partial charge in [0.2, 0.25) is 0 Å². The van der Waals surface area contributed by atoms with Crippen LogP contribution in [0.15, 0.2) is 63.5 Å². The molecule has 5 nitrogen and oxygen atoms in total. The van der Waals surface area contributed by atoms with Crippen molar-refractivity contribution < 1.29 is 23.8 Å². The Morgan fingerprint density at radius 3 is 2.09 bits per heavy atom. The molecule has 0 saturated heterocycles. The number of ketones is 1. The van der Waals surface area contributed by atoms with E-state index in [1.807, 2.05) is 31.2 Å². The first-order valence-electron chi connectivity index (χ1n) is 9.81. The molecule has 7 heteroatoms. The van der Waals surface area contributed by atoms with Crippen LogP contribution in [0.4, 0.5) is 0 Å².